The van der Waals surface area contributed by atoms with Crippen LogP contribution in [0.1, 0.15) is 70.9 Å². The minimum atomic E-state index is -2.23. The maximum absolute atomic E-state index is 14.4. The molecular weight excluding hydrogens is 964 g/mol. The molecule has 1 unspecified atom stereocenters. The summed E-state index contributed by atoms with van der Waals surface area (Å²) in [5.74, 6) is -1.10. The van der Waals surface area contributed by atoms with Gasteiger partial charge in [0.15, 0.2) is 27.5 Å². The van der Waals surface area contributed by atoms with Crippen molar-refractivity contribution in [2.45, 2.75) is 151 Å². The molecule has 5 heterocycles. The number of allylic oxidation sites excluding steroid dienone is 3. The predicted octanol–water partition coefficient (Wildman–Crippen LogP) is 7.80. The summed E-state index contributed by atoms with van der Waals surface area (Å²) in [6, 6.07) is 3.26. The van der Waals surface area contributed by atoms with Crippen molar-refractivity contribution in [3.05, 3.63) is 74.9 Å². The van der Waals surface area contributed by atoms with Gasteiger partial charge in [-0.05, 0) is 102 Å². The maximum atomic E-state index is 14.4. The fraction of sp³-hybridized carbons (Fsp3) is 0.609. The minimum Gasteiger partial charge on any atom is -0.495 e. The molecule has 0 saturated carbocycles. The number of alkyl carbamates (subject to hydrolysis) is 1. The largest absolute Gasteiger partial charge is 0.495 e. The van der Waals surface area contributed by atoms with E-state index >= 15 is 0 Å². The molecule has 378 valence electrons. The van der Waals surface area contributed by atoms with E-state index in [2.05, 4.69) is 51.5 Å². The number of aromatic nitrogens is 2. The molecule has 6 rings (SSSR count). The zero-order valence-electron chi connectivity index (χ0n) is 41.7. The molecule has 0 radical (unpaired) electrons. The molecule has 4 aliphatic rings. The molecule has 2 saturated heterocycles. The van der Waals surface area contributed by atoms with Gasteiger partial charge in [-0.25, -0.2) is 19.6 Å². The molecule has 4 aliphatic heterocycles. The summed E-state index contributed by atoms with van der Waals surface area (Å²) >= 11 is 8.35. The summed E-state index contributed by atoms with van der Waals surface area (Å²) in [5.41, 5.74) is 7.02. The number of nitrogens with zero attached hydrogens (tertiary/aromatic N) is 7. The Hall–Kier alpha value is -4.52. The minimum absolute atomic E-state index is 0.116. The number of carbonyl (C=O) groups excluding carboxylic acids is 4. The standard InChI is InChI=1S/C46H67ClN8O11SSi2/c1-29-15-13-16-35(62-8)46(60)23-37(64-43(59)52-46)45(4)27-44(3,65-45)36(22-39(57)55(6)33-20-31(19-29)21-34(61-7)40(33)47)63-41(58)30(2)54(5)38(56)17-14-18-68(9,10)66-69(11,12)28-67-42-49-24-32(25-50-42)26-51-53-48/h13,15-16,20-21,24-25,30,35-37,60H,14,17-19,22-23,26-28H2,1-12H3,(H,52,59)/b16-13+,29-15+/t30-,35+,36-,37-,44+,45?,46-/m0/s1. The number of nitrogens with one attached hydrogen (secondary N) is 1. The number of carbonyl (C=O) groups is 4. The molecule has 19 nitrogen and oxygen atoms in total. The van der Waals surface area contributed by atoms with Crippen molar-refractivity contribution in [2.75, 3.05) is 38.6 Å². The van der Waals surface area contributed by atoms with E-state index in [4.69, 9.17) is 44.9 Å². The van der Waals surface area contributed by atoms with Crippen LogP contribution in [0.5, 0.6) is 5.75 Å². The number of ether oxygens (including phenoxy) is 5. The fourth-order valence-corrected chi connectivity index (χ4v) is 19.7. The van der Waals surface area contributed by atoms with Crippen molar-refractivity contribution in [1.29, 1.82) is 0 Å². The quantitative estimate of drug-likeness (QED) is 0.0311. The molecule has 6 bridgehead atoms. The second-order valence-corrected chi connectivity index (χ2v) is 30.2. The van der Waals surface area contributed by atoms with Crippen LogP contribution in [0.3, 0.4) is 0 Å². The van der Waals surface area contributed by atoms with E-state index in [0.29, 0.717) is 35.5 Å². The number of likely N-dealkylation sites (N-methyl/N-ethyl adjacent to an activating group) is 1. The number of amides is 3. The number of hydrogen-bond donors (Lipinski definition) is 2. The Morgan fingerprint density at radius 3 is 2.48 bits per heavy atom. The van der Waals surface area contributed by atoms with Gasteiger partial charge in [-0.15, -0.1) is 0 Å². The molecular formula is C46H67ClN8O11SSi2. The van der Waals surface area contributed by atoms with Crippen LogP contribution in [-0.4, -0.2) is 135 Å². The molecule has 69 heavy (non-hydrogen) atoms. The number of halogens is 1. The van der Waals surface area contributed by atoms with Crippen LogP contribution in [-0.2, 0) is 50.4 Å². The number of thioether (sulfide) groups is 1. The van der Waals surface area contributed by atoms with Gasteiger partial charge in [0.1, 0.15) is 46.3 Å². The van der Waals surface area contributed by atoms with Crippen LogP contribution in [0.4, 0.5) is 10.5 Å². The lowest BCUT2D eigenvalue weighted by molar-refractivity contribution is -0.328. The fourth-order valence-electron chi connectivity index (χ4n) is 9.03. The molecule has 1 aromatic heterocycles. The summed E-state index contributed by atoms with van der Waals surface area (Å²) < 4.78 is 36.6. The van der Waals surface area contributed by atoms with Gasteiger partial charge in [-0.1, -0.05) is 52.3 Å². The Balaban J connectivity index is 1.30. The predicted molar refractivity (Wildman–Crippen MR) is 267 cm³/mol. The third kappa shape index (κ3) is 14.1. The highest BCUT2D eigenvalue weighted by molar-refractivity contribution is 8.00. The number of rotatable bonds is 16. The van der Waals surface area contributed by atoms with Crippen LogP contribution < -0.4 is 15.0 Å². The third-order valence-corrected chi connectivity index (χ3v) is 22.9. The number of methoxy groups -OCH3 is 2. The van der Waals surface area contributed by atoms with Crippen molar-refractivity contribution in [3.63, 3.8) is 0 Å². The Labute approximate surface area is 415 Å². The van der Waals surface area contributed by atoms with Crippen molar-refractivity contribution < 1.29 is 52.1 Å². The zero-order valence-corrected chi connectivity index (χ0v) is 45.2. The number of fused-ring (bicyclic) bond motifs is 6. The second-order valence-electron chi connectivity index (χ2n) is 19.7. The summed E-state index contributed by atoms with van der Waals surface area (Å²) in [4.78, 5) is 69.4. The molecule has 23 heteroatoms. The van der Waals surface area contributed by atoms with Crippen molar-refractivity contribution >= 4 is 69.6 Å². The molecule has 2 aromatic rings. The molecule has 2 fully saturated rings. The van der Waals surface area contributed by atoms with E-state index in [1.165, 1.54) is 35.8 Å². The SMILES string of the molecule is COc1cc2cc(c1Cl)N(C)C(=O)C[C@H](OC(=O)[C@H](C)N(C)C(=O)CCC[Si](C)(C)O[Si](C)(C)CSc1ncc(CN=[N+]=[N-])cn1)[C@@]1(C)CC(C)(O1)[C@@H]1C[C@@](O)(NC(=O)O1)[C@H](OC)/C=C/C=C(\C)C2. The lowest BCUT2D eigenvalue weighted by Gasteiger charge is -2.59. The van der Waals surface area contributed by atoms with Gasteiger partial charge < -0.3 is 42.7 Å². The second kappa shape index (κ2) is 22.7. The van der Waals surface area contributed by atoms with Crippen LogP contribution in [0.2, 0.25) is 37.3 Å². The highest BCUT2D eigenvalue weighted by atomic mass is 35.5. The van der Waals surface area contributed by atoms with Gasteiger partial charge in [0.25, 0.3) is 0 Å². The molecule has 2 N–H and O–H groups in total. The summed E-state index contributed by atoms with van der Waals surface area (Å²) in [7, 11) is 1.63. The third-order valence-electron chi connectivity index (χ3n) is 12.7. The van der Waals surface area contributed by atoms with Crippen LogP contribution in [0, 0.1) is 0 Å². The lowest BCUT2D eigenvalue weighted by atomic mass is 9.72. The van der Waals surface area contributed by atoms with Gasteiger partial charge in [-0.3, -0.25) is 14.9 Å². The van der Waals surface area contributed by atoms with Crippen LogP contribution >= 0.6 is 23.4 Å². The Morgan fingerprint density at radius 1 is 1.16 bits per heavy atom. The molecule has 7 atom stereocenters. The first-order valence-electron chi connectivity index (χ1n) is 22.8. The van der Waals surface area contributed by atoms with Crippen molar-refractivity contribution in [1.82, 2.24) is 20.2 Å². The zero-order chi connectivity index (χ0) is 51.1. The number of benzene rings is 1. The van der Waals surface area contributed by atoms with E-state index in [1.807, 2.05) is 13.0 Å². The maximum Gasteiger partial charge on any atom is 0.409 e. The molecule has 0 aliphatic carbocycles. The Bertz CT molecular complexity index is 2330. The first-order valence-corrected chi connectivity index (χ1v) is 30.4. The van der Waals surface area contributed by atoms with E-state index in [-0.39, 0.29) is 43.2 Å². The average molecular weight is 1030 g/mol. The first-order chi connectivity index (χ1) is 32.3. The lowest BCUT2D eigenvalue weighted by Crippen LogP contribution is -2.72. The van der Waals surface area contributed by atoms with E-state index in [9.17, 15) is 24.3 Å². The summed E-state index contributed by atoms with van der Waals surface area (Å²) in [5, 5.41) is 19.5. The highest BCUT2D eigenvalue weighted by Gasteiger charge is 2.63. The van der Waals surface area contributed by atoms with E-state index in [0.717, 1.165) is 22.1 Å². The first kappa shape index (κ1) is 55.4. The van der Waals surface area contributed by atoms with Crippen LogP contribution in [0.25, 0.3) is 10.4 Å². The number of aliphatic hydroxyl groups is 1. The van der Waals surface area contributed by atoms with Gasteiger partial charge >= 0.3 is 12.1 Å². The van der Waals surface area contributed by atoms with Crippen LogP contribution in [0.15, 0.2) is 58.6 Å². The van der Waals surface area contributed by atoms with Gasteiger partial charge in [0.2, 0.25) is 11.8 Å². The molecule has 0 spiro atoms. The topological polar surface area (TPSA) is 237 Å². The number of esters is 1. The van der Waals surface area contributed by atoms with Gasteiger partial charge in [-0.2, -0.15) is 0 Å². The Kier molecular flexibility index (Phi) is 18.2. The van der Waals surface area contributed by atoms with Gasteiger partial charge in [0.05, 0.1) is 25.8 Å². The van der Waals surface area contributed by atoms with Crippen molar-refractivity contribution in [2.24, 2.45) is 5.11 Å². The Morgan fingerprint density at radius 2 is 1.84 bits per heavy atom. The number of anilines is 1. The normalized spacial score (nSPS) is 27.0. The number of azide groups is 1. The van der Waals surface area contributed by atoms with Crippen molar-refractivity contribution in [3.8, 4) is 5.75 Å². The highest BCUT2D eigenvalue weighted by Crippen LogP contribution is 2.50. The van der Waals surface area contributed by atoms with Gasteiger partial charge in [0, 0.05) is 63.1 Å². The summed E-state index contributed by atoms with van der Waals surface area (Å²) in [6.07, 6.45) is 5.37. The van der Waals surface area contributed by atoms with E-state index < -0.39 is 75.9 Å². The molecule has 3 amide bonds. The monoisotopic (exact) mass is 1030 g/mol. The van der Waals surface area contributed by atoms with E-state index in [1.54, 1.807) is 71.5 Å². The summed E-state index contributed by atoms with van der Waals surface area (Å²) in [6.45, 7) is 15.7. The molecule has 1 aromatic carbocycles. The number of hydrogen-bond acceptors (Lipinski definition) is 15. The average Bonchev–Trinajstić information content (AvgIpc) is 3.27. The smallest absolute Gasteiger partial charge is 0.409 e.